The Balaban J connectivity index is 1.48. The van der Waals surface area contributed by atoms with E-state index in [4.69, 9.17) is 14.2 Å². The van der Waals surface area contributed by atoms with Crippen LogP contribution in [0, 0.1) is 0 Å². The van der Waals surface area contributed by atoms with Gasteiger partial charge >= 0.3 is 0 Å². The van der Waals surface area contributed by atoms with Crippen LogP contribution in [-0.2, 0) is 24.1 Å². The molecule has 1 aliphatic carbocycles. The van der Waals surface area contributed by atoms with Gasteiger partial charge in [-0.3, -0.25) is 4.79 Å². The van der Waals surface area contributed by atoms with Crippen molar-refractivity contribution in [3.05, 3.63) is 41.1 Å². The van der Waals surface area contributed by atoms with E-state index in [0.29, 0.717) is 43.0 Å². The average Bonchev–Trinajstić information content (AvgIpc) is 3.19. The van der Waals surface area contributed by atoms with Crippen molar-refractivity contribution in [2.45, 2.75) is 38.6 Å². The lowest BCUT2D eigenvalue weighted by molar-refractivity contribution is 0.0937. The third-order valence-electron chi connectivity index (χ3n) is 6.17. The third-order valence-corrected chi connectivity index (χ3v) is 6.17. The van der Waals surface area contributed by atoms with Gasteiger partial charge in [0.2, 0.25) is 17.7 Å². The van der Waals surface area contributed by atoms with Gasteiger partial charge in [-0.2, -0.15) is 9.97 Å². The van der Waals surface area contributed by atoms with Crippen LogP contribution in [-0.4, -0.2) is 61.5 Å². The van der Waals surface area contributed by atoms with Crippen molar-refractivity contribution in [2.75, 3.05) is 46.3 Å². The van der Waals surface area contributed by atoms with Gasteiger partial charge in [0, 0.05) is 48.9 Å². The van der Waals surface area contributed by atoms with Gasteiger partial charge in [0.15, 0.2) is 0 Å². The molecule has 3 aromatic rings. The normalized spacial score (nSPS) is 12.9. The zero-order valence-corrected chi connectivity index (χ0v) is 20.1. The molecule has 2 heterocycles. The van der Waals surface area contributed by atoms with E-state index in [-0.39, 0.29) is 5.91 Å². The molecule has 0 saturated carbocycles. The monoisotopic (exact) mass is 467 g/mol. The van der Waals surface area contributed by atoms with Crippen LogP contribution in [0.2, 0.25) is 0 Å². The molecule has 1 aliphatic rings. The number of rotatable bonds is 11. The second-order valence-electron chi connectivity index (χ2n) is 8.32. The number of hydrogen-bond donors (Lipinski definition) is 2. The van der Waals surface area contributed by atoms with E-state index in [9.17, 15) is 4.79 Å². The van der Waals surface area contributed by atoms with Gasteiger partial charge in [-0.25, -0.2) is 0 Å². The molecule has 0 bridgehead atoms. The molecule has 9 heteroatoms. The number of fused-ring (bicyclic) bond motifs is 3. The van der Waals surface area contributed by atoms with Crippen molar-refractivity contribution >= 4 is 22.8 Å². The molecular formula is C25H33N5O4. The molecule has 1 amide bonds. The molecule has 0 aliphatic heterocycles. The Morgan fingerprint density at radius 2 is 1.79 bits per heavy atom. The van der Waals surface area contributed by atoms with Crippen molar-refractivity contribution in [3.63, 3.8) is 0 Å². The second-order valence-corrected chi connectivity index (χ2v) is 8.32. The minimum Gasteiger partial charge on any atom is -0.481 e. The summed E-state index contributed by atoms with van der Waals surface area (Å²) < 4.78 is 17.9. The van der Waals surface area contributed by atoms with Crippen LogP contribution < -0.4 is 20.1 Å². The maximum absolute atomic E-state index is 12.6. The van der Waals surface area contributed by atoms with Crippen LogP contribution in [0.5, 0.6) is 11.8 Å². The predicted octanol–water partition coefficient (Wildman–Crippen LogP) is 3.21. The van der Waals surface area contributed by atoms with E-state index in [1.807, 2.05) is 12.1 Å². The smallest absolute Gasteiger partial charge is 0.251 e. The first-order valence-electron chi connectivity index (χ1n) is 11.8. The number of nitrogens with one attached hydrogen (secondary N) is 2. The number of nitrogens with zero attached hydrogens (tertiary/aromatic N) is 3. The number of carbonyl (C=O) groups is 1. The molecule has 0 atom stereocenters. The molecule has 0 saturated heterocycles. The summed E-state index contributed by atoms with van der Waals surface area (Å²) in [6.45, 7) is 2.59. The average molecular weight is 468 g/mol. The van der Waals surface area contributed by atoms with Gasteiger partial charge in [-0.15, -0.1) is 0 Å². The van der Waals surface area contributed by atoms with Crippen LogP contribution in [0.25, 0.3) is 10.9 Å². The van der Waals surface area contributed by atoms with Crippen molar-refractivity contribution in [3.8, 4) is 11.8 Å². The molecule has 1 aromatic carbocycles. The molecule has 34 heavy (non-hydrogen) atoms. The minimum absolute atomic E-state index is 0.0609. The first-order valence-corrected chi connectivity index (χ1v) is 11.8. The summed E-state index contributed by atoms with van der Waals surface area (Å²) in [4.78, 5) is 21.2. The highest BCUT2D eigenvalue weighted by molar-refractivity contribution is 5.99. The molecule has 0 spiro atoms. The van der Waals surface area contributed by atoms with Crippen LogP contribution in [0.15, 0.2) is 24.3 Å². The summed E-state index contributed by atoms with van der Waals surface area (Å²) in [5, 5.41) is 7.39. The Morgan fingerprint density at radius 1 is 1.03 bits per heavy atom. The Morgan fingerprint density at radius 3 is 2.53 bits per heavy atom. The maximum atomic E-state index is 12.6. The first kappa shape index (κ1) is 23.8. The summed E-state index contributed by atoms with van der Waals surface area (Å²) in [6.07, 6.45) is 5.42. The number of ether oxygens (including phenoxy) is 3. The van der Waals surface area contributed by atoms with E-state index in [0.717, 1.165) is 25.8 Å². The molecule has 0 radical (unpaired) electrons. The van der Waals surface area contributed by atoms with Crippen LogP contribution >= 0.6 is 0 Å². The number of hydrogen-bond acceptors (Lipinski definition) is 7. The van der Waals surface area contributed by atoms with E-state index in [1.54, 1.807) is 27.4 Å². The fraction of sp³-hybridized carbons (Fsp3) is 0.480. The highest BCUT2D eigenvalue weighted by atomic mass is 16.5. The van der Waals surface area contributed by atoms with Crippen molar-refractivity contribution < 1.29 is 19.0 Å². The number of methoxy groups -OCH3 is 3. The SMILES string of the molecule is COCCNC(=O)c1ccc2c(c1)c1c(n2CCCNc2nc(OC)cc(OC)n2)CCCC1. The van der Waals surface area contributed by atoms with E-state index >= 15 is 0 Å². The molecule has 2 N–H and O–H groups in total. The molecule has 4 rings (SSSR count). The molecule has 0 unspecified atom stereocenters. The minimum atomic E-state index is -0.0609. The third kappa shape index (κ3) is 5.25. The summed E-state index contributed by atoms with van der Waals surface area (Å²) >= 11 is 0. The number of amides is 1. The highest BCUT2D eigenvalue weighted by Crippen LogP contribution is 2.33. The number of carbonyl (C=O) groups excluding carboxylic acids is 1. The lowest BCUT2D eigenvalue weighted by Gasteiger charge is -2.16. The number of anilines is 1. The lowest BCUT2D eigenvalue weighted by Crippen LogP contribution is -2.26. The fourth-order valence-corrected chi connectivity index (χ4v) is 4.53. The van der Waals surface area contributed by atoms with Gasteiger partial charge in [-0.1, -0.05) is 0 Å². The van der Waals surface area contributed by atoms with Gasteiger partial charge in [0.1, 0.15) is 0 Å². The summed E-state index contributed by atoms with van der Waals surface area (Å²) in [7, 11) is 4.77. The number of aromatic nitrogens is 3. The molecule has 0 fully saturated rings. The van der Waals surface area contributed by atoms with Crippen LogP contribution in [0.4, 0.5) is 5.95 Å². The predicted molar refractivity (Wildman–Crippen MR) is 131 cm³/mol. The second kappa shape index (κ2) is 11.2. The fourth-order valence-electron chi connectivity index (χ4n) is 4.53. The van der Waals surface area contributed by atoms with Gasteiger partial charge in [0.05, 0.1) is 26.9 Å². The quantitative estimate of drug-likeness (QED) is 0.418. The maximum Gasteiger partial charge on any atom is 0.251 e. The van der Waals surface area contributed by atoms with Crippen molar-refractivity contribution in [1.29, 1.82) is 0 Å². The van der Waals surface area contributed by atoms with Crippen molar-refractivity contribution in [2.24, 2.45) is 0 Å². The number of benzene rings is 1. The van der Waals surface area contributed by atoms with Crippen LogP contribution in [0.3, 0.4) is 0 Å². The molecular weight excluding hydrogens is 434 g/mol. The molecule has 182 valence electrons. The molecule has 9 nitrogen and oxygen atoms in total. The number of aryl methyl sites for hydroxylation is 2. The molecule has 2 aromatic heterocycles. The van der Waals surface area contributed by atoms with Gasteiger partial charge < -0.3 is 29.4 Å². The van der Waals surface area contributed by atoms with E-state index < -0.39 is 0 Å². The Hall–Kier alpha value is -3.33. The zero-order valence-electron chi connectivity index (χ0n) is 20.1. The summed E-state index contributed by atoms with van der Waals surface area (Å²) in [5.74, 6) is 1.35. The Labute approximate surface area is 199 Å². The highest BCUT2D eigenvalue weighted by Gasteiger charge is 2.21. The van der Waals surface area contributed by atoms with Gasteiger partial charge in [-0.05, 0) is 55.9 Å². The van der Waals surface area contributed by atoms with E-state index in [2.05, 4.69) is 31.2 Å². The first-order chi connectivity index (χ1) is 16.6. The van der Waals surface area contributed by atoms with Gasteiger partial charge in [0.25, 0.3) is 5.91 Å². The largest absolute Gasteiger partial charge is 0.481 e. The standard InChI is InChI=1S/C25H33N5O4/c1-32-14-12-26-24(31)17-9-10-21-19(15-17)18-7-4-5-8-20(18)30(21)13-6-11-27-25-28-22(33-2)16-23(29-25)34-3/h9-10,15-16H,4-8,11-14H2,1-3H3,(H,26,31)(H,27,28,29). The van der Waals surface area contributed by atoms with Crippen LogP contribution in [0.1, 0.15) is 40.9 Å². The van der Waals surface area contributed by atoms with Crippen molar-refractivity contribution in [1.82, 2.24) is 19.9 Å². The topological polar surface area (TPSA) is 99.5 Å². The Bertz CT molecular complexity index is 1120. The lowest BCUT2D eigenvalue weighted by atomic mass is 9.95. The van der Waals surface area contributed by atoms with E-state index in [1.165, 1.54) is 35.0 Å². The summed E-state index contributed by atoms with van der Waals surface area (Å²) in [5.41, 5.74) is 4.68. The summed E-state index contributed by atoms with van der Waals surface area (Å²) in [6, 6.07) is 7.70. The zero-order chi connectivity index (χ0) is 23.9. The Kier molecular flexibility index (Phi) is 7.84.